The van der Waals surface area contributed by atoms with Crippen molar-refractivity contribution < 1.29 is 9.53 Å². The quantitative estimate of drug-likeness (QED) is 0.789. The first-order chi connectivity index (χ1) is 7.20. The average molecular weight is 226 g/mol. The molecular weight excluding hydrogens is 214 g/mol. The van der Waals surface area contributed by atoms with E-state index in [2.05, 4.69) is 5.32 Å². The van der Waals surface area contributed by atoms with Crippen molar-refractivity contribution >= 4 is 17.5 Å². The van der Waals surface area contributed by atoms with Gasteiger partial charge in [0.1, 0.15) is 12.4 Å². The first-order valence-corrected chi connectivity index (χ1v) is 5.21. The van der Waals surface area contributed by atoms with Crippen LogP contribution in [-0.4, -0.2) is 19.6 Å². The number of carbonyl (C=O) groups is 1. The van der Waals surface area contributed by atoms with Gasteiger partial charge in [-0.15, -0.1) is 0 Å². The van der Waals surface area contributed by atoms with E-state index >= 15 is 0 Å². The van der Waals surface area contributed by atoms with Gasteiger partial charge in [-0.3, -0.25) is 4.79 Å². The lowest BCUT2D eigenvalue weighted by Crippen LogP contribution is -2.35. The molecule has 0 radical (unpaired) electrons. The average Bonchev–Trinajstić information content (AvgIpc) is 2.27. The maximum Gasteiger partial charge on any atom is 0.226 e. The van der Waals surface area contributed by atoms with Crippen molar-refractivity contribution in [3.05, 3.63) is 28.8 Å². The molecule has 1 aliphatic rings. The van der Waals surface area contributed by atoms with Gasteiger partial charge in [0.15, 0.2) is 0 Å². The van der Waals surface area contributed by atoms with Crippen molar-refractivity contribution in [3.8, 4) is 5.75 Å². The van der Waals surface area contributed by atoms with E-state index in [0.717, 1.165) is 11.3 Å². The molecule has 15 heavy (non-hydrogen) atoms. The van der Waals surface area contributed by atoms with E-state index in [9.17, 15) is 4.79 Å². The zero-order valence-corrected chi connectivity index (χ0v) is 9.17. The lowest BCUT2D eigenvalue weighted by atomic mass is 9.96. The highest BCUT2D eigenvalue weighted by Crippen LogP contribution is 2.29. The van der Waals surface area contributed by atoms with Gasteiger partial charge in [0.05, 0.1) is 5.92 Å². The van der Waals surface area contributed by atoms with E-state index < -0.39 is 0 Å². The first-order valence-electron chi connectivity index (χ1n) is 4.83. The normalized spacial score (nSPS) is 18.9. The largest absolute Gasteiger partial charge is 0.492 e. The summed E-state index contributed by atoms with van der Waals surface area (Å²) in [5, 5.41) is 3.30. The fourth-order valence-corrected chi connectivity index (χ4v) is 1.93. The van der Waals surface area contributed by atoms with Gasteiger partial charge >= 0.3 is 0 Å². The number of rotatable bonds is 1. The van der Waals surface area contributed by atoms with Gasteiger partial charge in [0, 0.05) is 12.1 Å². The Labute approximate surface area is 93.4 Å². The molecule has 1 aliphatic heterocycles. The number of nitrogens with one attached hydrogen (secondary N) is 1. The Morgan fingerprint density at radius 3 is 3.13 bits per heavy atom. The van der Waals surface area contributed by atoms with Gasteiger partial charge in [-0.2, -0.15) is 0 Å². The summed E-state index contributed by atoms with van der Waals surface area (Å²) in [6.45, 7) is 0.439. The van der Waals surface area contributed by atoms with Crippen LogP contribution in [0.4, 0.5) is 0 Å². The lowest BCUT2D eigenvalue weighted by Gasteiger charge is -2.24. The third kappa shape index (κ3) is 2.07. The minimum absolute atomic E-state index is 0.0145. The van der Waals surface area contributed by atoms with E-state index in [-0.39, 0.29) is 11.8 Å². The van der Waals surface area contributed by atoms with Crippen LogP contribution in [0, 0.1) is 5.92 Å². The number of hydrogen-bond acceptors (Lipinski definition) is 2. The molecule has 0 saturated carbocycles. The van der Waals surface area contributed by atoms with Crippen molar-refractivity contribution in [2.75, 3.05) is 13.7 Å². The van der Waals surface area contributed by atoms with Gasteiger partial charge in [-0.25, -0.2) is 0 Å². The Morgan fingerprint density at radius 2 is 2.40 bits per heavy atom. The maximum atomic E-state index is 11.4. The Balaban J connectivity index is 2.22. The summed E-state index contributed by atoms with van der Waals surface area (Å²) in [6.07, 6.45) is 0.690. The molecule has 0 aliphatic carbocycles. The minimum Gasteiger partial charge on any atom is -0.492 e. The summed E-state index contributed by atoms with van der Waals surface area (Å²) in [5.74, 6) is 0.737. The summed E-state index contributed by atoms with van der Waals surface area (Å²) in [4.78, 5) is 11.4. The molecule has 1 unspecified atom stereocenters. The van der Waals surface area contributed by atoms with E-state index in [1.165, 1.54) is 0 Å². The third-order valence-electron chi connectivity index (χ3n) is 2.55. The topological polar surface area (TPSA) is 38.3 Å². The SMILES string of the molecule is CNC(=O)C1COc2ccc(Cl)cc2C1. The van der Waals surface area contributed by atoms with Gasteiger partial charge in [-0.1, -0.05) is 11.6 Å². The van der Waals surface area contributed by atoms with Crippen LogP contribution >= 0.6 is 11.6 Å². The highest BCUT2D eigenvalue weighted by Gasteiger charge is 2.25. The Morgan fingerprint density at radius 1 is 1.60 bits per heavy atom. The van der Waals surface area contributed by atoms with Gasteiger partial charge in [0.25, 0.3) is 0 Å². The van der Waals surface area contributed by atoms with Gasteiger partial charge in [-0.05, 0) is 30.2 Å². The van der Waals surface area contributed by atoms with Crippen molar-refractivity contribution in [1.29, 1.82) is 0 Å². The van der Waals surface area contributed by atoms with Crippen LogP contribution in [0.2, 0.25) is 5.02 Å². The Kier molecular flexibility index (Phi) is 2.82. The van der Waals surface area contributed by atoms with Crippen LogP contribution in [-0.2, 0) is 11.2 Å². The molecule has 1 aromatic carbocycles. The molecule has 1 heterocycles. The Hall–Kier alpha value is -1.22. The van der Waals surface area contributed by atoms with E-state index in [4.69, 9.17) is 16.3 Å². The number of fused-ring (bicyclic) bond motifs is 1. The summed E-state index contributed by atoms with van der Waals surface area (Å²) in [5.41, 5.74) is 1.00. The fourth-order valence-electron chi connectivity index (χ4n) is 1.74. The first kappa shape index (κ1) is 10.3. The summed E-state index contributed by atoms with van der Waals surface area (Å²) < 4.78 is 5.49. The zero-order valence-electron chi connectivity index (χ0n) is 8.42. The number of benzene rings is 1. The van der Waals surface area contributed by atoms with Crippen LogP contribution in [0.3, 0.4) is 0 Å². The van der Waals surface area contributed by atoms with Crippen LogP contribution in [0.1, 0.15) is 5.56 Å². The second-order valence-corrected chi connectivity index (χ2v) is 4.01. The van der Waals surface area contributed by atoms with Crippen molar-refractivity contribution in [1.82, 2.24) is 5.32 Å². The minimum atomic E-state index is -0.110. The highest BCUT2D eigenvalue weighted by molar-refractivity contribution is 6.30. The van der Waals surface area contributed by atoms with Gasteiger partial charge < -0.3 is 10.1 Å². The molecule has 1 aromatic rings. The number of ether oxygens (including phenoxy) is 1. The molecule has 3 nitrogen and oxygen atoms in total. The molecule has 1 atom stereocenters. The number of amides is 1. The molecule has 4 heteroatoms. The lowest BCUT2D eigenvalue weighted by molar-refractivity contribution is -0.125. The standard InChI is InChI=1S/C11H12ClNO2/c1-13-11(14)8-4-7-5-9(12)2-3-10(7)15-6-8/h2-3,5,8H,4,6H2,1H3,(H,13,14). The summed E-state index contributed by atoms with van der Waals surface area (Å²) in [7, 11) is 1.63. The fraction of sp³-hybridized carbons (Fsp3) is 0.364. The van der Waals surface area contributed by atoms with E-state index in [0.29, 0.717) is 18.1 Å². The van der Waals surface area contributed by atoms with Crippen molar-refractivity contribution in [2.45, 2.75) is 6.42 Å². The molecular formula is C11H12ClNO2. The molecule has 80 valence electrons. The van der Waals surface area contributed by atoms with E-state index in [1.807, 2.05) is 12.1 Å². The molecule has 0 aromatic heterocycles. The molecule has 1 N–H and O–H groups in total. The zero-order chi connectivity index (χ0) is 10.8. The summed E-state index contributed by atoms with van der Waals surface area (Å²) in [6, 6.07) is 5.49. The monoisotopic (exact) mass is 225 g/mol. The summed E-state index contributed by atoms with van der Waals surface area (Å²) >= 11 is 5.88. The smallest absolute Gasteiger partial charge is 0.226 e. The molecule has 2 rings (SSSR count). The van der Waals surface area contributed by atoms with Crippen LogP contribution in [0.5, 0.6) is 5.75 Å². The van der Waals surface area contributed by atoms with Crippen molar-refractivity contribution in [3.63, 3.8) is 0 Å². The highest BCUT2D eigenvalue weighted by atomic mass is 35.5. The second-order valence-electron chi connectivity index (χ2n) is 3.58. The van der Waals surface area contributed by atoms with Crippen LogP contribution in [0.25, 0.3) is 0 Å². The molecule has 0 saturated heterocycles. The molecule has 1 amide bonds. The predicted molar refractivity (Wildman–Crippen MR) is 58.2 cm³/mol. The third-order valence-corrected chi connectivity index (χ3v) is 2.78. The molecule has 0 bridgehead atoms. The number of hydrogen-bond donors (Lipinski definition) is 1. The van der Waals surface area contributed by atoms with Crippen LogP contribution < -0.4 is 10.1 Å². The predicted octanol–water partition coefficient (Wildman–Crippen LogP) is 1.64. The van der Waals surface area contributed by atoms with Crippen molar-refractivity contribution in [2.24, 2.45) is 5.92 Å². The Bertz CT molecular complexity index is 392. The second kappa shape index (κ2) is 4.11. The van der Waals surface area contributed by atoms with Gasteiger partial charge in [0.2, 0.25) is 5.91 Å². The number of halogens is 1. The maximum absolute atomic E-state index is 11.4. The number of carbonyl (C=O) groups excluding carboxylic acids is 1. The molecule has 0 fully saturated rings. The van der Waals surface area contributed by atoms with E-state index in [1.54, 1.807) is 13.1 Å². The van der Waals surface area contributed by atoms with Crippen LogP contribution in [0.15, 0.2) is 18.2 Å². The molecule has 0 spiro atoms.